The molecule has 0 saturated carbocycles. The Morgan fingerprint density at radius 2 is 1.45 bits per heavy atom. The van der Waals surface area contributed by atoms with E-state index in [0.717, 1.165) is 0 Å². The van der Waals surface area contributed by atoms with Gasteiger partial charge in [-0.15, -0.1) is 17.0 Å². The van der Waals surface area contributed by atoms with Gasteiger partial charge in [-0.05, 0) is 11.1 Å². The molecular weight excluding hydrogens is 316 g/mol. The van der Waals surface area contributed by atoms with Crippen molar-refractivity contribution < 1.29 is 0 Å². The molecule has 104 valence electrons. The molecule has 1 heterocycles. The van der Waals surface area contributed by atoms with E-state index in [0.29, 0.717) is 12.5 Å². The Bertz CT molecular complexity index is 544. The van der Waals surface area contributed by atoms with Crippen LogP contribution in [0.2, 0.25) is 0 Å². The molecule has 0 saturated heterocycles. The van der Waals surface area contributed by atoms with Gasteiger partial charge in [-0.2, -0.15) is 0 Å². The Labute approximate surface area is 128 Å². The molecule has 0 atom stereocenters. The quantitative estimate of drug-likeness (QED) is 0.581. The van der Waals surface area contributed by atoms with Gasteiger partial charge in [0.05, 0.1) is 6.54 Å². The van der Waals surface area contributed by atoms with E-state index in [1.807, 2.05) is 36.4 Å². The SMILES string of the molecule is Br.NNC1=NCC(c2ccccc2)(c2ccccc2)N1. The van der Waals surface area contributed by atoms with Crippen molar-refractivity contribution >= 4 is 22.9 Å². The van der Waals surface area contributed by atoms with Crippen molar-refractivity contribution in [1.82, 2.24) is 10.7 Å². The maximum absolute atomic E-state index is 5.47. The van der Waals surface area contributed by atoms with E-state index in [2.05, 4.69) is 40.0 Å². The number of nitrogens with one attached hydrogen (secondary N) is 2. The van der Waals surface area contributed by atoms with Crippen LogP contribution in [0.1, 0.15) is 11.1 Å². The molecule has 0 bridgehead atoms. The predicted octanol–water partition coefficient (Wildman–Crippen LogP) is 1.93. The average molecular weight is 333 g/mol. The van der Waals surface area contributed by atoms with Crippen LogP contribution in [0, 0.1) is 0 Å². The van der Waals surface area contributed by atoms with Gasteiger partial charge >= 0.3 is 0 Å². The van der Waals surface area contributed by atoms with Gasteiger partial charge in [0.25, 0.3) is 0 Å². The molecule has 5 heteroatoms. The zero-order valence-corrected chi connectivity index (χ0v) is 12.6. The highest BCUT2D eigenvalue weighted by molar-refractivity contribution is 8.93. The Kier molecular flexibility index (Phi) is 4.42. The summed E-state index contributed by atoms with van der Waals surface area (Å²) in [6.45, 7) is 0.626. The molecule has 1 aliphatic heterocycles. The normalized spacial score (nSPS) is 15.8. The van der Waals surface area contributed by atoms with Crippen LogP contribution in [-0.4, -0.2) is 12.5 Å². The first-order chi connectivity index (χ1) is 9.35. The fourth-order valence-electron chi connectivity index (χ4n) is 2.50. The topological polar surface area (TPSA) is 62.4 Å². The van der Waals surface area contributed by atoms with E-state index in [4.69, 9.17) is 5.84 Å². The van der Waals surface area contributed by atoms with Crippen molar-refractivity contribution in [2.24, 2.45) is 10.8 Å². The smallest absolute Gasteiger partial charge is 0.206 e. The molecule has 0 amide bonds. The molecule has 20 heavy (non-hydrogen) atoms. The maximum Gasteiger partial charge on any atom is 0.206 e. The van der Waals surface area contributed by atoms with Crippen LogP contribution >= 0.6 is 17.0 Å². The molecule has 4 N–H and O–H groups in total. The van der Waals surface area contributed by atoms with Crippen LogP contribution < -0.4 is 16.6 Å². The molecule has 1 aliphatic rings. The van der Waals surface area contributed by atoms with Crippen molar-refractivity contribution in [3.63, 3.8) is 0 Å². The van der Waals surface area contributed by atoms with E-state index in [-0.39, 0.29) is 22.5 Å². The summed E-state index contributed by atoms with van der Waals surface area (Å²) in [6, 6.07) is 20.6. The molecule has 2 aromatic rings. The number of benzene rings is 2. The summed E-state index contributed by atoms with van der Waals surface area (Å²) in [5.74, 6) is 6.09. The highest BCUT2D eigenvalue weighted by Gasteiger charge is 2.38. The minimum Gasteiger partial charge on any atom is -0.340 e. The highest BCUT2D eigenvalue weighted by Crippen LogP contribution is 2.32. The van der Waals surface area contributed by atoms with E-state index < -0.39 is 0 Å². The van der Waals surface area contributed by atoms with Crippen LogP contribution in [0.3, 0.4) is 0 Å². The number of rotatable bonds is 2. The fraction of sp³-hybridized carbons (Fsp3) is 0.133. The van der Waals surface area contributed by atoms with Gasteiger partial charge in [-0.25, -0.2) is 10.8 Å². The third kappa shape index (κ3) is 2.42. The molecule has 0 aromatic heterocycles. The van der Waals surface area contributed by atoms with Gasteiger partial charge in [0.1, 0.15) is 5.54 Å². The zero-order chi connectivity index (χ0) is 13.1. The molecule has 0 spiro atoms. The first-order valence-electron chi connectivity index (χ1n) is 6.25. The van der Waals surface area contributed by atoms with Crippen molar-refractivity contribution in [3.05, 3.63) is 71.8 Å². The number of aliphatic imine (C=N–C) groups is 1. The number of guanidine groups is 1. The summed E-state index contributed by atoms with van der Waals surface area (Å²) in [7, 11) is 0. The standard InChI is InChI=1S/C15H16N4.BrH/c16-19-14-17-11-15(18-14,12-7-3-1-4-8-12)13-9-5-2-6-10-13;/h1-10H,11,16H2,(H2,17,18,19);1H. The minimum absolute atomic E-state index is 0. The zero-order valence-electron chi connectivity index (χ0n) is 10.9. The number of hydrogen-bond donors (Lipinski definition) is 3. The van der Waals surface area contributed by atoms with E-state index in [9.17, 15) is 0 Å². The monoisotopic (exact) mass is 332 g/mol. The van der Waals surface area contributed by atoms with Crippen molar-refractivity contribution in [2.45, 2.75) is 5.54 Å². The summed E-state index contributed by atoms with van der Waals surface area (Å²) in [5.41, 5.74) is 4.61. The van der Waals surface area contributed by atoms with Crippen molar-refractivity contribution in [3.8, 4) is 0 Å². The van der Waals surface area contributed by atoms with E-state index >= 15 is 0 Å². The lowest BCUT2D eigenvalue weighted by Crippen LogP contribution is -2.49. The summed E-state index contributed by atoms with van der Waals surface area (Å²) in [4.78, 5) is 4.43. The number of nitrogens with two attached hydrogens (primary N) is 1. The van der Waals surface area contributed by atoms with Crippen LogP contribution in [0.5, 0.6) is 0 Å². The second-order valence-corrected chi connectivity index (χ2v) is 4.57. The van der Waals surface area contributed by atoms with Crippen LogP contribution in [0.4, 0.5) is 0 Å². The molecule has 0 unspecified atom stereocenters. The lowest BCUT2D eigenvalue weighted by molar-refractivity contribution is 0.520. The van der Waals surface area contributed by atoms with E-state index in [1.165, 1.54) is 11.1 Å². The van der Waals surface area contributed by atoms with Gasteiger partial charge in [-0.3, -0.25) is 5.43 Å². The summed E-state index contributed by atoms with van der Waals surface area (Å²) < 4.78 is 0. The lowest BCUT2D eigenvalue weighted by Gasteiger charge is -2.30. The summed E-state index contributed by atoms with van der Waals surface area (Å²) >= 11 is 0. The molecule has 0 radical (unpaired) electrons. The Balaban J connectivity index is 0.00000147. The van der Waals surface area contributed by atoms with Gasteiger partial charge in [0, 0.05) is 0 Å². The van der Waals surface area contributed by atoms with Gasteiger partial charge in [0.2, 0.25) is 5.96 Å². The molecular formula is C15H17BrN4. The lowest BCUT2D eigenvalue weighted by atomic mass is 9.83. The third-order valence-corrected chi connectivity index (χ3v) is 3.48. The molecule has 3 rings (SSSR count). The summed E-state index contributed by atoms with van der Waals surface area (Å²) in [5, 5.41) is 3.40. The van der Waals surface area contributed by atoms with Gasteiger partial charge < -0.3 is 5.32 Å². The van der Waals surface area contributed by atoms with Gasteiger partial charge in [0.15, 0.2) is 0 Å². The molecule has 2 aromatic carbocycles. The maximum atomic E-state index is 5.47. The fourth-order valence-corrected chi connectivity index (χ4v) is 2.50. The summed E-state index contributed by atoms with van der Waals surface area (Å²) in [6.07, 6.45) is 0. The number of halogens is 1. The van der Waals surface area contributed by atoms with E-state index in [1.54, 1.807) is 0 Å². The van der Waals surface area contributed by atoms with Crippen molar-refractivity contribution in [1.29, 1.82) is 0 Å². The molecule has 0 fully saturated rings. The number of nitrogens with zero attached hydrogens (tertiary/aromatic N) is 1. The second kappa shape index (κ2) is 6.07. The predicted molar refractivity (Wildman–Crippen MR) is 86.7 cm³/mol. The molecule has 4 nitrogen and oxygen atoms in total. The highest BCUT2D eigenvalue weighted by atomic mass is 79.9. The molecule has 0 aliphatic carbocycles. The Morgan fingerprint density at radius 3 is 1.85 bits per heavy atom. The minimum atomic E-state index is -0.343. The van der Waals surface area contributed by atoms with Crippen LogP contribution in [0.15, 0.2) is 65.7 Å². The Hall–Kier alpha value is -1.85. The van der Waals surface area contributed by atoms with Crippen molar-refractivity contribution in [2.75, 3.05) is 6.54 Å². The first-order valence-corrected chi connectivity index (χ1v) is 6.25. The number of hydrazine groups is 1. The largest absolute Gasteiger partial charge is 0.340 e. The third-order valence-electron chi connectivity index (χ3n) is 3.48. The van der Waals surface area contributed by atoms with Crippen LogP contribution in [0.25, 0.3) is 0 Å². The Morgan fingerprint density at radius 1 is 0.950 bits per heavy atom. The second-order valence-electron chi connectivity index (χ2n) is 4.57. The number of hydrogen-bond acceptors (Lipinski definition) is 4. The average Bonchev–Trinajstić information content (AvgIpc) is 2.95. The van der Waals surface area contributed by atoms with Gasteiger partial charge in [-0.1, -0.05) is 60.7 Å². The van der Waals surface area contributed by atoms with Crippen LogP contribution in [-0.2, 0) is 5.54 Å². The first kappa shape index (κ1) is 14.6.